The molecule has 3 aromatic carbocycles. The molecule has 0 spiro atoms. The molecule has 256 valence electrons. The van der Waals surface area contributed by atoms with Gasteiger partial charge in [0.2, 0.25) is 0 Å². The highest BCUT2D eigenvalue weighted by atomic mass is 35.5. The van der Waals surface area contributed by atoms with Crippen LogP contribution in [0.25, 0.3) is 11.6 Å². The van der Waals surface area contributed by atoms with E-state index in [-0.39, 0.29) is 12.5 Å². The smallest absolute Gasteiger partial charge is 0.392 e. The number of alkyl halides is 3. The summed E-state index contributed by atoms with van der Waals surface area (Å²) in [5, 5.41) is 5.18. The van der Waals surface area contributed by atoms with Gasteiger partial charge in [0, 0.05) is 28.2 Å². The normalized spacial score (nSPS) is 18.5. The van der Waals surface area contributed by atoms with Crippen LogP contribution in [0.1, 0.15) is 91.7 Å². The Balaban J connectivity index is 1.40. The van der Waals surface area contributed by atoms with Crippen molar-refractivity contribution in [3.8, 4) is 5.75 Å². The van der Waals surface area contributed by atoms with Gasteiger partial charge in [-0.2, -0.15) is 13.2 Å². The van der Waals surface area contributed by atoms with E-state index < -0.39 is 12.6 Å². The fraction of sp³-hybridized carbons (Fsp3) is 0.415. The molecule has 2 nitrogen and oxygen atoms in total. The molecule has 0 saturated carbocycles. The van der Waals surface area contributed by atoms with E-state index in [0.29, 0.717) is 18.2 Å². The number of allylic oxidation sites excluding steroid dienone is 3. The molecule has 0 aliphatic heterocycles. The molecule has 3 aromatic rings. The van der Waals surface area contributed by atoms with E-state index in [2.05, 4.69) is 49.2 Å². The Morgan fingerprint density at radius 1 is 1.00 bits per heavy atom. The zero-order valence-corrected chi connectivity index (χ0v) is 29.5. The van der Waals surface area contributed by atoms with Crippen LogP contribution in [0.4, 0.5) is 13.2 Å². The van der Waals surface area contributed by atoms with E-state index in [1.807, 2.05) is 43.3 Å². The van der Waals surface area contributed by atoms with Crippen LogP contribution in [-0.4, -0.2) is 12.8 Å². The lowest BCUT2D eigenvalue weighted by molar-refractivity contribution is -0.139. The maximum absolute atomic E-state index is 12.9. The summed E-state index contributed by atoms with van der Waals surface area (Å²) < 4.78 is 44.5. The maximum atomic E-state index is 12.9. The summed E-state index contributed by atoms with van der Waals surface area (Å²) in [6.45, 7) is 8.87. The molecule has 0 bridgehead atoms. The third kappa shape index (κ3) is 9.72. The lowest BCUT2D eigenvalue weighted by Crippen LogP contribution is -2.22. The molecule has 2 unspecified atom stereocenters. The van der Waals surface area contributed by atoms with Crippen molar-refractivity contribution in [2.75, 3.05) is 6.61 Å². The van der Waals surface area contributed by atoms with E-state index in [9.17, 15) is 13.2 Å². The summed E-state index contributed by atoms with van der Waals surface area (Å²) in [5.41, 5.74) is 10.4. The summed E-state index contributed by atoms with van der Waals surface area (Å²) >= 11 is 12.6. The molecule has 0 amide bonds. The van der Waals surface area contributed by atoms with Gasteiger partial charge < -0.3 is 10.1 Å². The second-order valence-electron chi connectivity index (χ2n) is 13.2. The van der Waals surface area contributed by atoms with Crippen molar-refractivity contribution in [3.63, 3.8) is 0 Å². The van der Waals surface area contributed by atoms with Gasteiger partial charge in [-0.25, -0.2) is 0 Å². The average Bonchev–Trinajstić information content (AvgIpc) is 3.17. The van der Waals surface area contributed by atoms with Gasteiger partial charge in [0.05, 0.1) is 13.0 Å². The number of ether oxygens (including phenoxy) is 1. The summed E-state index contributed by atoms with van der Waals surface area (Å²) in [7, 11) is 0. The number of benzene rings is 3. The molecule has 5 rings (SSSR count). The quantitative estimate of drug-likeness (QED) is 0.215. The zero-order chi connectivity index (χ0) is 34.3. The van der Waals surface area contributed by atoms with Gasteiger partial charge in [0.15, 0.2) is 0 Å². The molecule has 7 heteroatoms. The van der Waals surface area contributed by atoms with Crippen molar-refractivity contribution in [2.24, 2.45) is 11.8 Å². The Labute approximate surface area is 294 Å². The van der Waals surface area contributed by atoms with Crippen molar-refractivity contribution in [3.05, 3.63) is 122 Å². The Hall–Kier alpha value is -3.15. The van der Waals surface area contributed by atoms with E-state index >= 15 is 0 Å². The number of rotatable bonds is 11. The van der Waals surface area contributed by atoms with Crippen LogP contribution >= 0.6 is 23.2 Å². The van der Waals surface area contributed by atoms with E-state index in [0.717, 1.165) is 101 Å². The minimum atomic E-state index is -4.25. The van der Waals surface area contributed by atoms with Crippen LogP contribution in [0.3, 0.4) is 0 Å². The third-order valence-corrected chi connectivity index (χ3v) is 10.4. The minimum absolute atomic E-state index is 0.149. The van der Waals surface area contributed by atoms with Crippen LogP contribution in [0.2, 0.25) is 10.0 Å². The fourth-order valence-corrected chi connectivity index (χ4v) is 7.60. The number of halogens is 5. The van der Waals surface area contributed by atoms with Crippen molar-refractivity contribution < 1.29 is 17.9 Å². The van der Waals surface area contributed by atoms with E-state index in [1.165, 1.54) is 16.7 Å². The molecular formula is C41H46Cl2F3NO. The van der Waals surface area contributed by atoms with Crippen LogP contribution in [0, 0.1) is 18.8 Å². The van der Waals surface area contributed by atoms with Gasteiger partial charge in [-0.1, -0.05) is 84.8 Å². The average molecular weight is 697 g/mol. The number of aryl methyl sites for hydroxylation is 3. The Bertz CT molecular complexity index is 1640. The second kappa shape index (κ2) is 16.5. The summed E-state index contributed by atoms with van der Waals surface area (Å²) in [6, 6.07) is 18.3. The topological polar surface area (TPSA) is 21.3 Å². The van der Waals surface area contributed by atoms with Crippen molar-refractivity contribution in [1.82, 2.24) is 5.32 Å². The van der Waals surface area contributed by atoms with Crippen LogP contribution in [0.5, 0.6) is 5.75 Å². The molecule has 2 atom stereocenters. The zero-order valence-electron chi connectivity index (χ0n) is 28.0. The third-order valence-electron chi connectivity index (χ3n) is 9.83. The number of hydrogen-bond acceptors (Lipinski definition) is 2. The van der Waals surface area contributed by atoms with Gasteiger partial charge >= 0.3 is 6.18 Å². The number of hydrogen-bond donors (Lipinski definition) is 1. The van der Waals surface area contributed by atoms with Gasteiger partial charge in [-0.05, 0) is 134 Å². The number of nitrogens with one attached hydrogen (secondary N) is 1. The van der Waals surface area contributed by atoms with E-state index in [1.54, 1.807) is 0 Å². The van der Waals surface area contributed by atoms with Crippen molar-refractivity contribution >= 4 is 34.9 Å². The molecule has 0 saturated heterocycles. The Morgan fingerprint density at radius 2 is 1.79 bits per heavy atom. The van der Waals surface area contributed by atoms with Gasteiger partial charge in [0.1, 0.15) is 5.75 Å². The highest BCUT2D eigenvalue weighted by molar-refractivity contribution is 6.31. The highest BCUT2D eigenvalue weighted by Gasteiger charge is 2.30. The second-order valence-corrected chi connectivity index (χ2v) is 14.1. The standard InChI is InChI=1S/C41H46Cl2F3NO/c1-4-32-15-11-31(24-39(32)43)26-47-28(3)35-20-16-33-23-27(2)40(48-22-21-41(44,45)46)25-38(33)36-10-6-9-29(14-19-37(35)36)7-5-8-30-12-17-34(42)18-13-30/h5,8,11-13,15,17-18,23-25,29,35,47H,3-4,6-7,9-10,14,16,19-22,26H2,1-2H3/b8-5+. The lowest BCUT2D eigenvalue weighted by Gasteiger charge is -2.29. The predicted octanol–water partition coefficient (Wildman–Crippen LogP) is 12.5. The van der Waals surface area contributed by atoms with Crippen LogP contribution in [0.15, 0.2) is 78.5 Å². The fourth-order valence-electron chi connectivity index (χ4n) is 7.13. The molecule has 0 radical (unpaired) electrons. The van der Waals surface area contributed by atoms with Crippen LogP contribution in [-0.2, 0) is 19.4 Å². The summed E-state index contributed by atoms with van der Waals surface area (Å²) in [5.74, 6) is 1.25. The minimum Gasteiger partial charge on any atom is -0.493 e. The molecule has 1 N–H and O–H groups in total. The molecule has 2 aliphatic carbocycles. The first-order chi connectivity index (χ1) is 23.0. The van der Waals surface area contributed by atoms with Gasteiger partial charge in [-0.3, -0.25) is 0 Å². The molecular weight excluding hydrogens is 650 g/mol. The predicted molar refractivity (Wildman–Crippen MR) is 195 cm³/mol. The Kier molecular flexibility index (Phi) is 12.4. The van der Waals surface area contributed by atoms with Crippen molar-refractivity contribution in [2.45, 2.75) is 90.8 Å². The van der Waals surface area contributed by atoms with Gasteiger partial charge in [-0.15, -0.1) is 0 Å². The molecule has 48 heavy (non-hydrogen) atoms. The number of fused-ring (bicyclic) bond motifs is 2. The Morgan fingerprint density at radius 3 is 2.52 bits per heavy atom. The summed E-state index contributed by atoms with van der Waals surface area (Å²) in [4.78, 5) is 0. The summed E-state index contributed by atoms with van der Waals surface area (Å²) in [6.07, 6.45) is 8.04. The van der Waals surface area contributed by atoms with Crippen molar-refractivity contribution in [1.29, 1.82) is 0 Å². The first kappa shape index (κ1) is 36.1. The van der Waals surface area contributed by atoms with Gasteiger partial charge in [0.25, 0.3) is 0 Å². The molecule has 2 aliphatic rings. The van der Waals surface area contributed by atoms with Crippen LogP contribution < -0.4 is 10.1 Å². The molecule has 0 fully saturated rings. The first-order valence-electron chi connectivity index (χ1n) is 17.2. The SMILES string of the molecule is C=C(NCc1ccc(CC)c(Cl)c1)C1CCc2cc(C)c(OCCC(F)(F)F)cc2C2=C1CCC(C/C=C/c1ccc(Cl)cc1)CCC2. The first-order valence-corrected chi connectivity index (χ1v) is 17.9. The lowest BCUT2D eigenvalue weighted by atomic mass is 9.78. The largest absolute Gasteiger partial charge is 0.493 e. The maximum Gasteiger partial charge on any atom is 0.392 e. The highest BCUT2D eigenvalue weighted by Crippen LogP contribution is 2.45. The molecule has 0 heterocycles. The molecule has 0 aromatic heterocycles. The monoisotopic (exact) mass is 695 g/mol. The van der Waals surface area contributed by atoms with E-state index in [4.69, 9.17) is 27.9 Å².